The van der Waals surface area contributed by atoms with E-state index in [0.717, 1.165) is 4.31 Å². The lowest BCUT2D eigenvalue weighted by molar-refractivity contribution is -0.138. The van der Waals surface area contributed by atoms with Gasteiger partial charge in [0, 0.05) is 6.07 Å². The standard InChI is InChI=1S/C17H15Cl2NO6S/c1-24-17(21)10-20(11-2-4-13(18)14(19)8-11)27(22,23)12-3-5-15-16(9-12)26-7-6-25-15/h2-5,8-9H,6-7,10H2,1H3. The van der Waals surface area contributed by atoms with E-state index in [1.807, 2.05) is 0 Å². The number of fused-ring (bicyclic) bond motifs is 1. The van der Waals surface area contributed by atoms with Gasteiger partial charge in [-0.25, -0.2) is 8.42 Å². The average molecular weight is 432 g/mol. The Hall–Kier alpha value is -2.16. The van der Waals surface area contributed by atoms with Crippen molar-refractivity contribution in [1.82, 2.24) is 0 Å². The van der Waals surface area contributed by atoms with Gasteiger partial charge >= 0.3 is 5.97 Å². The number of anilines is 1. The zero-order valence-electron chi connectivity index (χ0n) is 14.1. The molecule has 0 atom stereocenters. The molecule has 0 fully saturated rings. The Morgan fingerprint density at radius 3 is 2.44 bits per heavy atom. The molecule has 0 radical (unpaired) electrons. The largest absolute Gasteiger partial charge is 0.486 e. The summed E-state index contributed by atoms with van der Waals surface area (Å²) in [6, 6.07) is 8.50. The monoisotopic (exact) mass is 431 g/mol. The van der Waals surface area contributed by atoms with Crippen LogP contribution in [0.25, 0.3) is 0 Å². The van der Waals surface area contributed by atoms with Gasteiger partial charge in [-0.05, 0) is 30.3 Å². The van der Waals surface area contributed by atoms with Gasteiger partial charge in [-0.3, -0.25) is 9.10 Å². The number of methoxy groups -OCH3 is 1. The molecule has 144 valence electrons. The van der Waals surface area contributed by atoms with Gasteiger partial charge in [0.05, 0.1) is 27.7 Å². The summed E-state index contributed by atoms with van der Waals surface area (Å²) in [5.74, 6) is 0.0333. The number of halogens is 2. The Morgan fingerprint density at radius 2 is 1.78 bits per heavy atom. The summed E-state index contributed by atoms with van der Waals surface area (Å²) in [5, 5.41) is 0.413. The van der Waals surface area contributed by atoms with Gasteiger partial charge in [-0.1, -0.05) is 23.2 Å². The molecule has 10 heteroatoms. The molecule has 3 rings (SSSR count). The zero-order chi connectivity index (χ0) is 19.6. The third kappa shape index (κ3) is 4.07. The van der Waals surface area contributed by atoms with Crippen LogP contribution in [0.5, 0.6) is 11.5 Å². The number of sulfonamides is 1. The molecule has 1 aliphatic heterocycles. The van der Waals surface area contributed by atoms with Crippen molar-refractivity contribution < 1.29 is 27.4 Å². The molecule has 7 nitrogen and oxygen atoms in total. The molecule has 0 aromatic heterocycles. The second-order valence-corrected chi connectivity index (χ2v) is 8.17. The van der Waals surface area contributed by atoms with Gasteiger partial charge in [0.15, 0.2) is 11.5 Å². The Balaban J connectivity index is 2.06. The van der Waals surface area contributed by atoms with Crippen LogP contribution in [-0.2, 0) is 19.6 Å². The molecule has 27 heavy (non-hydrogen) atoms. The number of nitrogens with zero attached hydrogens (tertiary/aromatic N) is 1. The molecule has 0 bridgehead atoms. The van der Waals surface area contributed by atoms with Crippen LogP contribution >= 0.6 is 23.2 Å². The van der Waals surface area contributed by atoms with Crippen LogP contribution in [0.4, 0.5) is 5.69 Å². The molecule has 1 heterocycles. The summed E-state index contributed by atoms with van der Waals surface area (Å²) in [6.07, 6.45) is 0. The Labute approximate surface area is 166 Å². The van der Waals surface area contributed by atoms with Gasteiger partial charge in [-0.15, -0.1) is 0 Å². The van der Waals surface area contributed by atoms with E-state index in [1.165, 1.54) is 43.5 Å². The molecule has 0 N–H and O–H groups in total. The van der Waals surface area contributed by atoms with Gasteiger partial charge in [0.2, 0.25) is 0 Å². The van der Waals surface area contributed by atoms with Crippen molar-refractivity contribution >= 4 is 44.9 Å². The fraction of sp³-hybridized carbons (Fsp3) is 0.235. The molecule has 0 spiro atoms. The number of rotatable bonds is 5. The zero-order valence-corrected chi connectivity index (χ0v) is 16.5. The van der Waals surface area contributed by atoms with Crippen molar-refractivity contribution in [3.63, 3.8) is 0 Å². The number of ether oxygens (including phenoxy) is 3. The highest BCUT2D eigenvalue weighted by molar-refractivity contribution is 7.92. The molecule has 0 saturated heterocycles. The molecule has 0 unspecified atom stereocenters. The number of esters is 1. The quantitative estimate of drug-likeness (QED) is 0.676. The Kier molecular flexibility index (Phi) is 5.69. The van der Waals surface area contributed by atoms with E-state index in [1.54, 1.807) is 0 Å². The third-order valence-electron chi connectivity index (χ3n) is 3.79. The number of benzene rings is 2. The summed E-state index contributed by atoms with van der Waals surface area (Å²) in [5.41, 5.74) is 0.171. The summed E-state index contributed by atoms with van der Waals surface area (Å²) in [4.78, 5) is 11.8. The van der Waals surface area contributed by atoms with E-state index in [4.69, 9.17) is 32.7 Å². The predicted octanol–water partition coefficient (Wildman–Crippen LogP) is 3.13. The molecule has 1 aliphatic rings. The van der Waals surface area contributed by atoms with Crippen LogP contribution in [0.2, 0.25) is 10.0 Å². The fourth-order valence-corrected chi connectivity index (χ4v) is 4.16. The van der Waals surface area contributed by atoms with E-state index in [2.05, 4.69) is 4.74 Å². The van der Waals surface area contributed by atoms with Crippen molar-refractivity contribution in [2.24, 2.45) is 0 Å². The fourth-order valence-electron chi connectivity index (χ4n) is 2.45. The summed E-state index contributed by atoms with van der Waals surface area (Å²) in [6.45, 7) is 0.164. The second kappa shape index (κ2) is 7.84. The minimum atomic E-state index is -4.13. The first-order valence-corrected chi connectivity index (χ1v) is 9.97. The first-order valence-electron chi connectivity index (χ1n) is 7.77. The first kappa shape index (κ1) is 19.6. The highest BCUT2D eigenvalue weighted by atomic mass is 35.5. The number of hydrogen-bond donors (Lipinski definition) is 0. The third-order valence-corrected chi connectivity index (χ3v) is 6.30. The summed E-state index contributed by atoms with van der Waals surface area (Å²) in [7, 11) is -2.95. The average Bonchev–Trinajstić information content (AvgIpc) is 2.67. The van der Waals surface area contributed by atoms with E-state index < -0.39 is 22.5 Å². The maximum Gasteiger partial charge on any atom is 0.326 e. The van der Waals surface area contributed by atoms with Crippen LogP contribution in [-0.4, -0.2) is 41.3 Å². The number of hydrogen-bond acceptors (Lipinski definition) is 6. The Morgan fingerprint density at radius 1 is 1.07 bits per heavy atom. The summed E-state index contributed by atoms with van der Waals surface area (Å²) < 4.78 is 42.8. The minimum absolute atomic E-state index is 0.0678. The van der Waals surface area contributed by atoms with Crippen LogP contribution in [0.15, 0.2) is 41.3 Å². The van der Waals surface area contributed by atoms with Crippen LogP contribution in [0.3, 0.4) is 0 Å². The summed E-state index contributed by atoms with van der Waals surface area (Å²) >= 11 is 11.9. The first-order chi connectivity index (χ1) is 12.8. The van der Waals surface area contributed by atoms with E-state index in [0.29, 0.717) is 24.7 Å². The van der Waals surface area contributed by atoms with Crippen LogP contribution in [0.1, 0.15) is 0 Å². The topological polar surface area (TPSA) is 82.1 Å². The van der Waals surface area contributed by atoms with Gasteiger partial charge in [-0.2, -0.15) is 0 Å². The van der Waals surface area contributed by atoms with Crippen molar-refractivity contribution in [2.75, 3.05) is 31.2 Å². The lowest BCUT2D eigenvalue weighted by atomic mass is 10.3. The van der Waals surface area contributed by atoms with E-state index in [-0.39, 0.29) is 20.6 Å². The lowest BCUT2D eigenvalue weighted by Gasteiger charge is -2.25. The minimum Gasteiger partial charge on any atom is -0.486 e. The van der Waals surface area contributed by atoms with Gasteiger partial charge in [0.1, 0.15) is 19.8 Å². The van der Waals surface area contributed by atoms with E-state index >= 15 is 0 Å². The van der Waals surface area contributed by atoms with Crippen molar-refractivity contribution in [2.45, 2.75) is 4.90 Å². The normalized spacial score (nSPS) is 13.1. The highest BCUT2D eigenvalue weighted by Crippen LogP contribution is 2.35. The molecule has 0 amide bonds. The van der Waals surface area contributed by atoms with Crippen LogP contribution in [0, 0.1) is 0 Å². The lowest BCUT2D eigenvalue weighted by Crippen LogP contribution is -2.36. The predicted molar refractivity (Wildman–Crippen MR) is 100 cm³/mol. The van der Waals surface area contributed by atoms with E-state index in [9.17, 15) is 13.2 Å². The molecule has 2 aromatic carbocycles. The maximum atomic E-state index is 13.2. The van der Waals surface area contributed by atoms with Gasteiger partial charge in [0.25, 0.3) is 10.0 Å². The maximum absolute atomic E-state index is 13.2. The van der Waals surface area contributed by atoms with Crippen molar-refractivity contribution in [1.29, 1.82) is 0 Å². The second-order valence-electron chi connectivity index (χ2n) is 5.49. The van der Waals surface area contributed by atoms with Crippen molar-refractivity contribution in [3.05, 3.63) is 46.4 Å². The molecule has 0 saturated carbocycles. The number of carbonyl (C=O) groups excluding carboxylic acids is 1. The molecular weight excluding hydrogens is 417 g/mol. The van der Waals surface area contributed by atoms with Crippen LogP contribution < -0.4 is 13.8 Å². The highest BCUT2D eigenvalue weighted by Gasteiger charge is 2.29. The smallest absolute Gasteiger partial charge is 0.326 e. The molecule has 0 aliphatic carbocycles. The SMILES string of the molecule is COC(=O)CN(c1ccc(Cl)c(Cl)c1)S(=O)(=O)c1ccc2c(c1)OCCO2. The number of carbonyl (C=O) groups is 1. The molecular formula is C17H15Cl2NO6S. The van der Waals surface area contributed by atoms with Crippen molar-refractivity contribution in [3.8, 4) is 11.5 Å². The van der Waals surface area contributed by atoms with Gasteiger partial charge < -0.3 is 14.2 Å². The molecule has 2 aromatic rings. The Bertz CT molecular complexity index is 979.